The minimum Gasteiger partial charge on any atom is -0.350 e. The van der Waals surface area contributed by atoms with Crippen LogP contribution in [0.15, 0.2) is 47.3 Å². The van der Waals surface area contributed by atoms with E-state index >= 15 is 0 Å². The molecule has 1 atom stereocenters. The lowest BCUT2D eigenvalue weighted by molar-refractivity contribution is 0.0940. The predicted molar refractivity (Wildman–Crippen MR) is 87.0 cm³/mol. The summed E-state index contributed by atoms with van der Waals surface area (Å²) in [6, 6.07) is 13.3. The number of H-pyrrole nitrogens is 1. The van der Waals surface area contributed by atoms with Crippen molar-refractivity contribution in [2.75, 3.05) is 20.6 Å². The summed E-state index contributed by atoms with van der Waals surface area (Å²) in [5.74, 6) is -0.357. The smallest absolute Gasteiger partial charge is 0.260 e. The summed E-state index contributed by atoms with van der Waals surface area (Å²) in [4.78, 5) is 28.7. The van der Waals surface area contributed by atoms with Gasteiger partial charge in [-0.15, -0.1) is 0 Å². The highest BCUT2D eigenvalue weighted by Crippen LogP contribution is 2.16. The Bertz CT molecular complexity index is 693. The molecule has 0 bridgehead atoms. The molecule has 0 fully saturated rings. The molecule has 0 saturated carbocycles. The van der Waals surface area contributed by atoms with Gasteiger partial charge in [0.05, 0.1) is 6.04 Å². The molecule has 2 N–H and O–H groups in total. The van der Waals surface area contributed by atoms with Crippen LogP contribution in [-0.2, 0) is 0 Å². The average Bonchev–Trinajstić information content (AvgIpc) is 2.48. The number of nitrogens with zero attached hydrogens (tertiary/aromatic N) is 1. The largest absolute Gasteiger partial charge is 0.350 e. The fraction of sp³-hybridized carbons (Fsp3) is 0.294. The van der Waals surface area contributed by atoms with Crippen molar-refractivity contribution in [2.24, 2.45) is 0 Å². The number of rotatable bonds is 5. The van der Waals surface area contributed by atoms with Crippen molar-refractivity contribution in [1.29, 1.82) is 0 Å². The summed E-state index contributed by atoms with van der Waals surface area (Å²) in [5.41, 5.74) is 1.62. The van der Waals surface area contributed by atoms with Gasteiger partial charge in [0.15, 0.2) is 0 Å². The summed E-state index contributed by atoms with van der Waals surface area (Å²) in [5, 5.41) is 2.84. The molecule has 1 unspecified atom stereocenters. The number of carbonyl (C=O) groups excluding carboxylic acids is 1. The topological polar surface area (TPSA) is 65.2 Å². The van der Waals surface area contributed by atoms with E-state index in [4.69, 9.17) is 0 Å². The fourth-order valence-electron chi connectivity index (χ4n) is 2.31. The maximum absolute atomic E-state index is 12.2. The lowest BCUT2D eigenvalue weighted by Gasteiger charge is -2.25. The first-order valence-electron chi connectivity index (χ1n) is 7.18. The van der Waals surface area contributed by atoms with Crippen molar-refractivity contribution in [3.63, 3.8) is 0 Å². The third kappa shape index (κ3) is 3.83. The molecule has 0 aliphatic heterocycles. The van der Waals surface area contributed by atoms with E-state index in [0.29, 0.717) is 6.54 Å². The lowest BCUT2D eigenvalue weighted by Crippen LogP contribution is -2.36. The Labute approximate surface area is 130 Å². The summed E-state index contributed by atoms with van der Waals surface area (Å²) in [6.45, 7) is 2.21. The monoisotopic (exact) mass is 299 g/mol. The highest BCUT2D eigenvalue weighted by atomic mass is 16.2. The molecule has 0 aliphatic rings. The van der Waals surface area contributed by atoms with Crippen LogP contribution in [0.5, 0.6) is 0 Å². The van der Waals surface area contributed by atoms with Gasteiger partial charge in [0.25, 0.3) is 11.5 Å². The Hall–Kier alpha value is -2.40. The first-order chi connectivity index (χ1) is 10.5. The van der Waals surface area contributed by atoms with Gasteiger partial charge in [0.1, 0.15) is 5.56 Å². The van der Waals surface area contributed by atoms with Crippen LogP contribution >= 0.6 is 0 Å². The molecule has 2 aromatic rings. The van der Waals surface area contributed by atoms with E-state index in [2.05, 4.69) is 10.3 Å². The molecule has 116 valence electrons. The molecule has 0 saturated heterocycles. The number of aromatic nitrogens is 1. The van der Waals surface area contributed by atoms with Crippen LogP contribution in [0.1, 0.15) is 27.7 Å². The minimum absolute atomic E-state index is 0.0506. The number of pyridine rings is 1. The number of aryl methyl sites for hydroxylation is 1. The standard InChI is InChI=1S/C17H21N3O2/c1-12-9-10-14(17(22)19-12)16(21)18-11-15(20(2)3)13-7-5-4-6-8-13/h4-10,15H,11H2,1-3H3,(H,18,21)(H,19,22). The molecule has 1 amide bonds. The molecule has 1 aromatic carbocycles. The van der Waals surface area contributed by atoms with Gasteiger partial charge in [-0.1, -0.05) is 30.3 Å². The van der Waals surface area contributed by atoms with E-state index in [1.807, 2.05) is 49.3 Å². The van der Waals surface area contributed by atoms with Crippen molar-refractivity contribution in [3.05, 3.63) is 69.6 Å². The Kier molecular flexibility index (Phi) is 5.12. The van der Waals surface area contributed by atoms with Crippen LogP contribution in [0.25, 0.3) is 0 Å². The van der Waals surface area contributed by atoms with E-state index in [0.717, 1.165) is 11.3 Å². The molecule has 0 radical (unpaired) electrons. The van der Waals surface area contributed by atoms with Crippen molar-refractivity contribution in [2.45, 2.75) is 13.0 Å². The molecule has 22 heavy (non-hydrogen) atoms. The molecular formula is C17H21N3O2. The quantitative estimate of drug-likeness (QED) is 0.883. The van der Waals surface area contributed by atoms with Crippen LogP contribution in [0, 0.1) is 6.92 Å². The summed E-state index contributed by atoms with van der Waals surface area (Å²) >= 11 is 0. The Morgan fingerprint density at radius 3 is 2.45 bits per heavy atom. The van der Waals surface area contributed by atoms with Gasteiger partial charge in [-0.3, -0.25) is 9.59 Å². The van der Waals surface area contributed by atoms with Gasteiger partial charge in [0.2, 0.25) is 0 Å². The highest BCUT2D eigenvalue weighted by Gasteiger charge is 2.16. The highest BCUT2D eigenvalue weighted by molar-refractivity contribution is 5.93. The number of aromatic amines is 1. The summed E-state index contributed by atoms with van der Waals surface area (Å²) in [7, 11) is 3.92. The molecule has 2 rings (SSSR count). The Balaban J connectivity index is 2.10. The van der Waals surface area contributed by atoms with Crippen LogP contribution in [0.4, 0.5) is 0 Å². The Morgan fingerprint density at radius 1 is 1.18 bits per heavy atom. The molecular weight excluding hydrogens is 278 g/mol. The first kappa shape index (κ1) is 16.0. The van der Waals surface area contributed by atoms with E-state index in [-0.39, 0.29) is 23.1 Å². The van der Waals surface area contributed by atoms with Gasteiger partial charge in [-0.2, -0.15) is 0 Å². The van der Waals surface area contributed by atoms with Gasteiger partial charge in [-0.05, 0) is 38.7 Å². The minimum atomic E-state index is -0.362. The number of amides is 1. The zero-order chi connectivity index (χ0) is 16.1. The van der Waals surface area contributed by atoms with Crippen LogP contribution < -0.4 is 10.9 Å². The number of nitrogens with one attached hydrogen (secondary N) is 2. The number of benzene rings is 1. The summed E-state index contributed by atoms with van der Waals surface area (Å²) < 4.78 is 0. The zero-order valence-corrected chi connectivity index (χ0v) is 13.1. The molecule has 1 heterocycles. The molecule has 5 nitrogen and oxygen atoms in total. The first-order valence-corrected chi connectivity index (χ1v) is 7.18. The third-order valence-corrected chi connectivity index (χ3v) is 3.56. The van der Waals surface area contributed by atoms with Crippen LogP contribution in [0.3, 0.4) is 0 Å². The van der Waals surface area contributed by atoms with Crippen molar-refractivity contribution >= 4 is 5.91 Å². The number of carbonyl (C=O) groups is 1. The Morgan fingerprint density at radius 2 is 1.86 bits per heavy atom. The van der Waals surface area contributed by atoms with Crippen molar-refractivity contribution < 1.29 is 4.79 Å². The molecule has 5 heteroatoms. The van der Waals surface area contributed by atoms with Crippen molar-refractivity contribution in [3.8, 4) is 0 Å². The third-order valence-electron chi connectivity index (χ3n) is 3.56. The number of likely N-dealkylation sites (N-methyl/N-ethyl adjacent to an activating group) is 1. The van der Waals surface area contributed by atoms with Gasteiger partial charge in [-0.25, -0.2) is 0 Å². The second-order valence-electron chi connectivity index (χ2n) is 5.48. The van der Waals surface area contributed by atoms with Crippen LogP contribution in [0.2, 0.25) is 0 Å². The van der Waals surface area contributed by atoms with E-state index in [9.17, 15) is 9.59 Å². The summed E-state index contributed by atoms with van der Waals surface area (Å²) in [6.07, 6.45) is 0. The zero-order valence-electron chi connectivity index (χ0n) is 13.1. The van der Waals surface area contributed by atoms with Crippen molar-refractivity contribution in [1.82, 2.24) is 15.2 Å². The molecule has 0 aliphatic carbocycles. The van der Waals surface area contributed by atoms with E-state index in [1.54, 1.807) is 19.1 Å². The maximum Gasteiger partial charge on any atom is 0.260 e. The predicted octanol–water partition coefficient (Wildman–Crippen LogP) is 1.72. The van der Waals surface area contributed by atoms with E-state index in [1.165, 1.54) is 0 Å². The fourth-order valence-corrected chi connectivity index (χ4v) is 2.31. The van der Waals surface area contributed by atoms with Gasteiger partial charge < -0.3 is 15.2 Å². The molecule has 1 aromatic heterocycles. The van der Waals surface area contributed by atoms with Gasteiger partial charge in [0, 0.05) is 12.2 Å². The average molecular weight is 299 g/mol. The second kappa shape index (κ2) is 7.04. The second-order valence-corrected chi connectivity index (χ2v) is 5.48. The maximum atomic E-state index is 12.2. The number of hydrogen-bond acceptors (Lipinski definition) is 3. The van der Waals surface area contributed by atoms with Crippen LogP contribution in [-0.4, -0.2) is 36.4 Å². The SMILES string of the molecule is Cc1ccc(C(=O)NCC(c2ccccc2)N(C)C)c(=O)[nH]1. The van der Waals surface area contributed by atoms with Gasteiger partial charge >= 0.3 is 0 Å². The molecule has 0 spiro atoms. The number of hydrogen-bond donors (Lipinski definition) is 2. The lowest BCUT2D eigenvalue weighted by atomic mass is 10.1. The van der Waals surface area contributed by atoms with E-state index < -0.39 is 0 Å². The normalized spacial score (nSPS) is 12.2.